The fourth-order valence-corrected chi connectivity index (χ4v) is 8.25. The smallest absolute Gasteiger partial charge is 0.326 e. The Balaban J connectivity index is 1.16. The number of aliphatic carboxylic acids is 6. The molecule has 26 heteroatoms. The lowest BCUT2D eigenvalue weighted by atomic mass is 10.0. The van der Waals surface area contributed by atoms with Gasteiger partial charge in [0.05, 0.1) is 26.2 Å². The molecular formula is C53H69N9O17. The van der Waals surface area contributed by atoms with Crippen LogP contribution in [0, 0.1) is 0 Å². The fraction of sp³-hybridized carbons (Fsp3) is 0.453. The summed E-state index contributed by atoms with van der Waals surface area (Å²) in [4.78, 5) is 139. The molecule has 2 unspecified atom stereocenters. The number of aryl methyl sites for hydroxylation is 1. The van der Waals surface area contributed by atoms with Gasteiger partial charge in [0.1, 0.15) is 12.1 Å². The van der Waals surface area contributed by atoms with Gasteiger partial charge in [-0.15, -0.1) is 0 Å². The molecule has 0 aliphatic carbocycles. The van der Waals surface area contributed by atoms with E-state index in [0.29, 0.717) is 42.6 Å². The predicted molar refractivity (Wildman–Crippen MR) is 281 cm³/mol. The Morgan fingerprint density at radius 3 is 1.24 bits per heavy atom. The van der Waals surface area contributed by atoms with Crippen LogP contribution in [-0.4, -0.2) is 213 Å². The van der Waals surface area contributed by atoms with Crippen molar-refractivity contribution in [1.82, 2.24) is 46.2 Å². The summed E-state index contributed by atoms with van der Waals surface area (Å²) in [5.74, 6) is -8.37. The molecule has 5 amide bonds. The van der Waals surface area contributed by atoms with Crippen LogP contribution in [0.5, 0.6) is 0 Å². The van der Waals surface area contributed by atoms with Gasteiger partial charge in [0, 0.05) is 102 Å². The number of carbonyl (C=O) groups is 11. The number of carboxylic acid groups (broad SMARTS) is 6. The van der Waals surface area contributed by atoms with Crippen molar-refractivity contribution in [2.75, 3.05) is 85.1 Å². The van der Waals surface area contributed by atoms with Crippen LogP contribution in [0.15, 0.2) is 72.8 Å². The summed E-state index contributed by atoms with van der Waals surface area (Å²) < 4.78 is 0. The van der Waals surface area contributed by atoms with Crippen LogP contribution in [0.4, 0.5) is 4.79 Å². The van der Waals surface area contributed by atoms with E-state index in [1.54, 1.807) is 87.5 Å². The Morgan fingerprint density at radius 2 is 0.810 bits per heavy atom. The molecular weight excluding hydrogens is 1030 g/mol. The number of urea groups is 1. The van der Waals surface area contributed by atoms with Crippen LogP contribution in [0.2, 0.25) is 0 Å². The third-order valence-corrected chi connectivity index (χ3v) is 12.7. The zero-order chi connectivity index (χ0) is 57.9. The largest absolute Gasteiger partial charge is 0.481 e. The second kappa shape index (κ2) is 33.1. The first-order valence-electron chi connectivity index (χ1n) is 25.6. The number of nitrogens with one attached hydrogen (secondary N) is 5. The molecule has 4 rings (SSSR count). The van der Waals surface area contributed by atoms with Gasteiger partial charge in [0.25, 0.3) is 11.8 Å². The van der Waals surface area contributed by atoms with E-state index >= 15 is 0 Å². The van der Waals surface area contributed by atoms with Crippen LogP contribution in [0.3, 0.4) is 0 Å². The van der Waals surface area contributed by atoms with E-state index < -0.39 is 66.8 Å². The van der Waals surface area contributed by atoms with Gasteiger partial charge in [0.15, 0.2) is 5.78 Å². The minimum Gasteiger partial charge on any atom is -0.481 e. The molecule has 79 heavy (non-hydrogen) atoms. The summed E-state index contributed by atoms with van der Waals surface area (Å²) in [6.07, 6.45) is 0.315. The number of nitrogens with zero attached hydrogens (tertiary/aromatic N) is 4. The molecule has 0 aromatic heterocycles. The average molecular weight is 1100 g/mol. The van der Waals surface area contributed by atoms with Crippen molar-refractivity contribution in [1.29, 1.82) is 0 Å². The Kier molecular flexibility index (Phi) is 26.5. The highest BCUT2D eigenvalue weighted by atomic mass is 16.4. The van der Waals surface area contributed by atoms with Gasteiger partial charge < -0.3 is 57.2 Å². The fourth-order valence-electron chi connectivity index (χ4n) is 8.25. The van der Waals surface area contributed by atoms with Crippen molar-refractivity contribution < 1.29 is 83.4 Å². The van der Waals surface area contributed by atoms with E-state index in [0.717, 1.165) is 16.7 Å². The first-order valence-corrected chi connectivity index (χ1v) is 25.6. The Labute approximate surface area is 455 Å². The molecule has 0 bridgehead atoms. The monoisotopic (exact) mass is 1100 g/mol. The summed E-state index contributed by atoms with van der Waals surface area (Å²) in [6.45, 7) is 1.84. The van der Waals surface area contributed by atoms with Crippen molar-refractivity contribution >= 4 is 65.4 Å². The van der Waals surface area contributed by atoms with Crippen molar-refractivity contribution in [3.63, 3.8) is 0 Å². The number of Topliss-reactive ketones (excluding diaryl/α,β-unsaturated/α-hetero) is 1. The molecule has 26 nitrogen and oxygen atoms in total. The molecule has 3 aromatic carbocycles. The normalized spacial score (nSPS) is 14.7. The van der Waals surface area contributed by atoms with Crippen molar-refractivity contribution in [3.8, 4) is 0 Å². The number of rotatable bonds is 30. The first kappa shape index (κ1) is 63.2. The minimum absolute atomic E-state index is 0.0280. The van der Waals surface area contributed by atoms with Crippen LogP contribution in [0.1, 0.15) is 86.3 Å². The van der Waals surface area contributed by atoms with E-state index in [2.05, 4.69) is 26.6 Å². The molecule has 0 radical (unpaired) electrons. The number of amides is 5. The predicted octanol–water partition coefficient (Wildman–Crippen LogP) is 0.494. The number of carboxylic acids is 6. The second-order valence-electron chi connectivity index (χ2n) is 18.8. The summed E-state index contributed by atoms with van der Waals surface area (Å²) in [7, 11) is 0. The molecule has 1 fully saturated rings. The molecule has 0 saturated carbocycles. The number of carbonyl (C=O) groups excluding carboxylic acids is 5. The lowest BCUT2D eigenvalue weighted by molar-refractivity contribution is -0.141. The van der Waals surface area contributed by atoms with Crippen molar-refractivity contribution in [3.05, 3.63) is 106 Å². The lowest BCUT2D eigenvalue weighted by Crippen LogP contribution is -2.51. The quantitative estimate of drug-likeness (QED) is 0.0320. The number of benzene rings is 3. The van der Waals surface area contributed by atoms with Gasteiger partial charge in [-0.2, -0.15) is 0 Å². The molecule has 1 aliphatic heterocycles. The van der Waals surface area contributed by atoms with Crippen LogP contribution in [-0.2, 0) is 53.1 Å². The third-order valence-electron chi connectivity index (χ3n) is 12.7. The molecule has 11 N–H and O–H groups in total. The van der Waals surface area contributed by atoms with Gasteiger partial charge >= 0.3 is 41.8 Å². The number of hydrogen-bond acceptors (Lipinski definition) is 15. The van der Waals surface area contributed by atoms with E-state index in [-0.39, 0.29) is 128 Å². The standard InChI is InChI=1S/C53H69N9O17/c63-43(38-11-6-36(7-12-38)29-55-44(64)31-59-21-23-60(32-46(67)68)25-27-62(34-48(71)72)28-26-61(24-22-59)33-47(69)70)18-10-35-4-13-40(14-5-35)50(74)56-30-37-8-15-39(16-9-37)49(73)54-20-2-1-3-41(51(75)76)57-53(79)58-42(52(77)78)17-19-45(65)66/h4-9,11-16,41-42H,1-3,10,17-34H2,(H,54,73)(H,55,64)(H,56,74)(H,65,66)(H,67,68)(H,69,70)(H,71,72)(H,75,76)(H,77,78)(H2,57,58,79). The highest BCUT2D eigenvalue weighted by Crippen LogP contribution is 2.13. The van der Waals surface area contributed by atoms with Crippen molar-refractivity contribution in [2.45, 2.75) is 70.1 Å². The van der Waals surface area contributed by atoms with Crippen LogP contribution >= 0.6 is 0 Å². The van der Waals surface area contributed by atoms with Crippen molar-refractivity contribution in [2.24, 2.45) is 0 Å². The van der Waals surface area contributed by atoms with E-state index in [9.17, 15) is 78.3 Å². The van der Waals surface area contributed by atoms with E-state index in [1.165, 1.54) is 0 Å². The summed E-state index contributed by atoms with van der Waals surface area (Å²) in [6, 6.07) is 16.3. The summed E-state index contributed by atoms with van der Waals surface area (Å²) in [5, 5.41) is 68.5. The highest BCUT2D eigenvalue weighted by molar-refractivity contribution is 5.97. The second-order valence-corrected chi connectivity index (χ2v) is 18.8. The van der Waals surface area contributed by atoms with E-state index in [4.69, 9.17) is 5.11 Å². The minimum atomic E-state index is -1.53. The third kappa shape index (κ3) is 24.7. The average Bonchev–Trinajstić information content (AvgIpc) is 3.40. The maximum Gasteiger partial charge on any atom is 0.326 e. The molecule has 3 aromatic rings. The lowest BCUT2D eigenvalue weighted by Gasteiger charge is -2.32. The zero-order valence-electron chi connectivity index (χ0n) is 43.6. The topological polar surface area (TPSA) is 382 Å². The summed E-state index contributed by atoms with van der Waals surface area (Å²) >= 11 is 0. The Hall–Kier alpha value is -8.33. The number of hydrogen-bond donors (Lipinski definition) is 11. The maximum atomic E-state index is 13.2. The molecule has 428 valence electrons. The Bertz CT molecular complexity index is 2550. The van der Waals surface area contributed by atoms with Crippen LogP contribution in [0.25, 0.3) is 0 Å². The molecule has 2 atom stereocenters. The van der Waals surface area contributed by atoms with Gasteiger partial charge in [-0.05, 0) is 73.1 Å². The molecule has 1 saturated heterocycles. The first-order chi connectivity index (χ1) is 37.6. The SMILES string of the molecule is O=C(O)CCC(NC(=O)NC(CCCCNC(=O)c1ccc(CNC(=O)c2ccc(CCC(=O)c3ccc(CNC(=O)CN4CCN(CC(=O)O)CCN(CC(=O)O)CCN(CC(=O)O)CC4)cc3)cc2)cc1)C(=O)O)C(=O)O. The molecule has 1 aliphatic rings. The molecule has 0 spiro atoms. The van der Waals surface area contributed by atoms with Gasteiger partial charge in [0.2, 0.25) is 5.91 Å². The molecule has 1 heterocycles. The van der Waals surface area contributed by atoms with Crippen LogP contribution < -0.4 is 26.6 Å². The van der Waals surface area contributed by atoms with Gasteiger partial charge in [-0.25, -0.2) is 14.4 Å². The number of ketones is 1. The maximum absolute atomic E-state index is 13.2. The number of unbranched alkanes of at least 4 members (excludes halogenated alkanes) is 1. The van der Waals surface area contributed by atoms with E-state index in [1.807, 2.05) is 4.90 Å². The summed E-state index contributed by atoms with van der Waals surface area (Å²) in [5.41, 5.74) is 3.54. The Morgan fingerprint density at radius 1 is 0.418 bits per heavy atom. The van der Waals surface area contributed by atoms with Gasteiger partial charge in [-0.3, -0.25) is 58.0 Å². The zero-order valence-corrected chi connectivity index (χ0v) is 43.6. The highest BCUT2D eigenvalue weighted by Gasteiger charge is 2.26. The van der Waals surface area contributed by atoms with Gasteiger partial charge in [-0.1, -0.05) is 48.5 Å².